The predicted octanol–water partition coefficient (Wildman–Crippen LogP) is 1.24. The number of piperidine rings is 1. The molecule has 0 bridgehead atoms. The first-order chi connectivity index (χ1) is 12.9. The molecule has 7 nitrogen and oxygen atoms in total. The lowest BCUT2D eigenvalue weighted by Gasteiger charge is -2.40. The number of likely N-dealkylation sites (N-methyl/N-ethyl adjacent to an activating group) is 1. The van der Waals surface area contributed by atoms with Crippen molar-refractivity contribution in [3.8, 4) is 0 Å². The van der Waals surface area contributed by atoms with E-state index in [0.717, 1.165) is 43.7 Å². The molecule has 2 heterocycles. The summed E-state index contributed by atoms with van der Waals surface area (Å²) in [4.78, 5) is 31.1. The molecular weight excluding hydrogens is 344 g/mol. The molecule has 2 N–H and O–H groups in total. The van der Waals surface area contributed by atoms with Gasteiger partial charge >= 0.3 is 5.97 Å². The van der Waals surface area contributed by atoms with Crippen molar-refractivity contribution >= 4 is 17.6 Å². The first-order valence-corrected chi connectivity index (χ1v) is 9.67. The van der Waals surface area contributed by atoms with E-state index in [9.17, 15) is 14.7 Å². The van der Waals surface area contributed by atoms with Gasteiger partial charge in [-0.3, -0.25) is 4.79 Å². The van der Waals surface area contributed by atoms with Crippen LogP contribution in [0.4, 0.5) is 5.69 Å². The molecule has 1 amide bonds. The summed E-state index contributed by atoms with van der Waals surface area (Å²) in [5.41, 5.74) is 1.58. The molecule has 0 unspecified atom stereocenters. The Hall–Kier alpha value is -2.12. The van der Waals surface area contributed by atoms with E-state index < -0.39 is 11.5 Å². The van der Waals surface area contributed by atoms with E-state index in [0.29, 0.717) is 25.2 Å². The van der Waals surface area contributed by atoms with Crippen LogP contribution < -0.4 is 10.2 Å². The van der Waals surface area contributed by atoms with Gasteiger partial charge in [0.2, 0.25) is 5.91 Å². The van der Waals surface area contributed by atoms with Crippen LogP contribution in [0.3, 0.4) is 0 Å². The number of carbonyl (C=O) groups is 2. The van der Waals surface area contributed by atoms with E-state index in [1.165, 1.54) is 0 Å². The van der Waals surface area contributed by atoms with Crippen LogP contribution >= 0.6 is 0 Å². The predicted molar refractivity (Wildman–Crippen MR) is 105 cm³/mol. The number of amides is 1. The minimum Gasteiger partial charge on any atom is -0.478 e. The van der Waals surface area contributed by atoms with Gasteiger partial charge in [-0.05, 0) is 70.2 Å². The normalized spacial score (nSPS) is 19.3. The average Bonchev–Trinajstić information content (AvgIpc) is 2.92. The van der Waals surface area contributed by atoms with Gasteiger partial charge < -0.3 is 25.1 Å². The summed E-state index contributed by atoms with van der Waals surface area (Å²) in [6.07, 6.45) is 2.19. The number of aromatic carboxylic acids is 1. The summed E-state index contributed by atoms with van der Waals surface area (Å²) in [6.45, 7) is 5.68. The Morgan fingerprint density at radius 2 is 2.00 bits per heavy atom. The van der Waals surface area contributed by atoms with Crippen molar-refractivity contribution < 1.29 is 14.7 Å². The summed E-state index contributed by atoms with van der Waals surface area (Å²) in [7, 11) is 4.02. The number of benzene rings is 1. The largest absolute Gasteiger partial charge is 0.478 e. The van der Waals surface area contributed by atoms with E-state index in [-0.39, 0.29) is 5.91 Å². The Morgan fingerprint density at radius 3 is 2.59 bits per heavy atom. The van der Waals surface area contributed by atoms with Gasteiger partial charge in [0.15, 0.2) is 0 Å². The molecule has 0 aliphatic carbocycles. The van der Waals surface area contributed by atoms with Gasteiger partial charge in [-0.15, -0.1) is 0 Å². The molecule has 1 aromatic rings. The molecule has 3 rings (SSSR count). The van der Waals surface area contributed by atoms with Crippen LogP contribution in [0.15, 0.2) is 18.2 Å². The van der Waals surface area contributed by atoms with Crippen molar-refractivity contribution in [3.63, 3.8) is 0 Å². The maximum Gasteiger partial charge on any atom is 0.335 e. The van der Waals surface area contributed by atoms with Gasteiger partial charge in [0.1, 0.15) is 5.54 Å². The summed E-state index contributed by atoms with van der Waals surface area (Å²) in [6, 6.07) is 5.49. The number of anilines is 1. The average molecular weight is 374 g/mol. The van der Waals surface area contributed by atoms with Crippen LogP contribution in [0.1, 0.15) is 35.7 Å². The van der Waals surface area contributed by atoms with Crippen LogP contribution in [0, 0.1) is 0 Å². The Morgan fingerprint density at radius 1 is 1.30 bits per heavy atom. The van der Waals surface area contributed by atoms with E-state index >= 15 is 0 Å². The first-order valence-electron chi connectivity index (χ1n) is 9.67. The molecule has 148 valence electrons. The fourth-order valence-corrected chi connectivity index (χ4v) is 4.18. The molecule has 1 spiro atoms. The van der Waals surface area contributed by atoms with Gasteiger partial charge in [0, 0.05) is 18.8 Å². The maximum atomic E-state index is 13.4. The second-order valence-corrected chi connectivity index (χ2v) is 7.72. The Bertz CT molecular complexity index is 713. The molecular formula is C20H30N4O3. The fourth-order valence-electron chi connectivity index (χ4n) is 4.18. The van der Waals surface area contributed by atoms with Gasteiger partial charge in [0.25, 0.3) is 0 Å². The highest BCUT2D eigenvalue weighted by Crippen LogP contribution is 2.38. The van der Waals surface area contributed by atoms with Crippen LogP contribution in [0.25, 0.3) is 0 Å². The number of carboxylic acid groups (broad SMARTS) is 1. The zero-order valence-electron chi connectivity index (χ0n) is 16.5. The molecule has 2 saturated heterocycles. The van der Waals surface area contributed by atoms with E-state index in [4.69, 9.17) is 0 Å². The lowest BCUT2D eigenvalue weighted by atomic mass is 9.86. The zero-order chi connectivity index (χ0) is 19.6. The summed E-state index contributed by atoms with van der Waals surface area (Å²) >= 11 is 0. The third-order valence-corrected chi connectivity index (χ3v) is 5.77. The number of carboxylic acids is 1. The van der Waals surface area contributed by atoms with Crippen molar-refractivity contribution in [2.24, 2.45) is 0 Å². The lowest BCUT2D eigenvalue weighted by Crippen LogP contribution is -2.55. The minimum atomic E-state index is -0.903. The van der Waals surface area contributed by atoms with Gasteiger partial charge in [0.05, 0.1) is 12.2 Å². The summed E-state index contributed by atoms with van der Waals surface area (Å²) < 4.78 is 0. The summed E-state index contributed by atoms with van der Waals surface area (Å²) in [5.74, 6) is -0.703. The molecule has 27 heavy (non-hydrogen) atoms. The van der Waals surface area contributed by atoms with Crippen molar-refractivity contribution in [1.29, 1.82) is 0 Å². The van der Waals surface area contributed by atoms with Gasteiger partial charge in [-0.1, -0.05) is 6.92 Å². The molecule has 2 fully saturated rings. The third kappa shape index (κ3) is 3.66. The van der Waals surface area contributed by atoms with Crippen molar-refractivity contribution in [2.75, 3.05) is 51.8 Å². The van der Waals surface area contributed by atoms with Crippen molar-refractivity contribution in [3.05, 3.63) is 29.3 Å². The monoisotopic (exact) mass is 374 g/mol. The molecule has 0 atom stereocenters. The van der Waals surface area contributed by atoms with E-state index in [1.807, 2.05) is 38.1 Å². The molecule has 2 aliphatic rings. The smallest absolute Gasteiger partial charge is 0.335 e. The fraction of sp³-hybridized carbons (Fsp3) is 0.600. The summed E-state index contributed by atoms with van der Waals surface area (Å²) in [5, 5.41) is 12.8. The van der Waals surface area contributed by atoms with Crippen LogP contribution in [0.2, 0.25) is 0 Å². The van der Waals surface area contributed by atoms with Crippen LogP contribution in [0.5, 0.6) is 0 Å². The topological polar surface area (TPSA) is 76.1 Å². The number of hydrogen-bond acceptors (Lipinski definition) is 5. The standard InChI is InChI=1S/C20H30N4O3/c1-4-15-13-16(5-6-17(15)18(25)26)24-14-23(12-11-22(2)3)19(27)20(24)7-9-21-10-8-20/h5-6,13,21H,4,7-12,14H2,1-3H3,(H,25,26). The van der Waals surface area contributed by atoms with E-state index in [2.05, 4.69) is 15.1 Å². The zero-order valence-corrected chi connectivity index (χ0v) is 16.5. The highest BCUT2D eigenvalue weighted by Gasteiger charge is 2.52. The highest BCUT2D eigenvalue weighted by molar-refractivity contribution is 5.94. The third-order valence-electron chi connectivity index (χ3n) is 5.77. The number of carbonyl (C=O) groups excluding carboxylic acids is 1. The molecule has 1 aromatic carbocycles. The number of hydrogen-bond donors (Lipinski definition) is 2. The number of nitrogens with one attached hydrogen (secondary N) is 1. The molecule has 7 heteroatoms. The van der Waals surface area contributed by atoms with Gasteiger partial charge in [-0.2, -0.15) is 0 Å². The van der Waals surface area contributed by atoms with Crippen molar-refractivity contribution in [1.82, 2.24) is 15.1 Å². The SMILES string of the molecule is CCc1cc(N2CN(CCN(C)C)C(=O)C23CCNCC3)ccc1C(=O)O. The first kappa shape index (κ1) is 19.6. The maximum absolute atomic E-state index is 13.4. The number of rotatable bonds is 6. The van der Waals surface area contributed by atoms with Crippen molar-refractivity contribution in [2.45, 2.75) is 31.7 Å². The van der Waals surface area contributed by atoms with Crippen LogP contribution in [-0.2, 0) is 11.2 Å². The molecule has 0 aromatic heterocycles. The lowest BCUT2D eigenvalue weighted by molar-refractivity contribution is -0.133. The second-order valence-electron chi connectivity index (χ2n) is 7.72. The number of nitrogens with zero attached hydrogens (tertiary/aromatic N) is 3. The molecule has 0 radical (unpaired) electrons. The Balaban J connectivity index is 1.96. The van der Waals surface area contributed by atoms with E-state index in [1.54, 1.807) is 6.07 Å². The van der Waals surface area contributed by atoms with Gasteiger partial charge in [-0.25, -0.2) is 4.79 Å². The molecule has 0 saturated carbocycles. The second kappa shape index (κ2) is 7.86. The molecule has 2 aliphatic heterocycles. The Labute approximate surface area is 160 Å². The highest BCUT2D eigenvalue weighted by atomic mass is 16.4. The minimum absolute atomic E-state index is 0.200. The van der Waals surface area contributed by atoms with Crippen LogP contribution in [-0.4, -0.2) is 79.3 Å². The Kier molecular flexibility index (Phi) is 5.72. The number of aryl methyl sites for hydroxylation is 1. The quantitative estimate of drug-likeness (QED) is 0.780.